The summed E-state index contributed by atoms with van der Waals surface area (Å²) in [4.78, 5) is 21.8. The number of aryl methyl sites for hydroxylation is 1. The lowest BCUT2D eigenvalue weighted by Crippen LogP contribution is -2.59. The number of amides is 1. The zero-order valence-corrected chi connectivity index (χ0v) is 17.6. The fourth-order valence-corrected chi connectivity index (χ4v) is 5.89. The number of rotatable bonds is 5. The summed E-state index contributed by atoms with van der Waals surface area (Å²) >= 11 is 1.76. The van der Waals surface area contributed by atoms with Crippen molar-refractivity contribution >= 4 is 27.5 Å². The Morgan fingerprint density at radius 3 is 3.00 bits per heavy atom. The largest absolute Gasteiger partial charge is 0.392 e. The standard InChI is InChI=1S/C22H31N3O2S/c1-24-14-11-19(26)22(15-24)12-6-13-25(16-22)21(27)10-5-4-9-20-23-17-7-2-3-8-18(17)28-20/h2-3,7-8,19,26H,4-6,9-16H2,1H3/t19-,22-/m0/s1. The Balaban J connectivity index is 1.26. The summed E-state index contributed by atoms with van der Waals surface area (Å²) in [6, 6.07) is 8.25. The Hall–Kier alpha value is -1.50. The van der Waals surface area contributed by atoms with Gasteiger partial charge in [-0.2, -0.15) is 0 Å². The third kappa shape index (κ3) is 4.24. The van der Waals surface area contributed by atoms with Crippen molar-refractivity contribution in [3.63, 3.8) is 0 Å². The average Bonchev–Trinajstić information content (AvgIpc) is 3.11. The Kier molecular flexibility index (Phi) is 5.99. The van der Waals surface area contributed by atoms with Crippen LogP contribution in [0, 0.1) is 5.41 Å². The number of piperidine rings is 2. The number of fused-ring (bicyclic) bond motifs is 1. The molecule has 2 aliphatic rings. The quantitative estimate of drug-likeness (QED) is 0.781. The van der Waals surface area contributed by atoms with Gasteiger partial charge in [-0.25, -0.2) is 4.98 Å². The molecule has 5 nitrogen and oxygen atoms in total. The van der Waals surface area contributed by atoms with Gasteiger partial charge < -0.3 is 14.9 Å². The molecule has 2 fully saturated rings. The second kappa shape index (κ2) is 8.47. The summed E-state index contributed by atoms with van der Waals surface area (Å²) < 4.78 is 1.24. The highest BCUT2D eigenvalue weighted by Gasteiger charge is 2.45. The van der Waals surface area contributed by atoms with E-state index in [1.54, 1.807) is 11.3 Å². The predicted octanol–water partition coefficient (Wildman–Crippen LogP) is 3.31. The number of thiazole rings is 1. The van der Waals surface area contributed by atoms with E-state index in [0.717, 1.165) is 70.2 Å². The first kappa shape index (κ1) is 19.8. The van der Waals surface area contributed by atoms with Crippen molar-refractivity contribution in [3.05, 3.63) is 29.3 Å². The average molecular weight is 402 g/mol. The fraction of sp³-hybridized carbons (Fsp3) is 0.636. The van der Waals surface area contributed by atoms with Crippen LogP contribution >= 0.6 is 11.3 Å². The second-order valence-electron chi connectivity index (χ2n) is 8.61. The van der Waals surface area contributed by atoms with Gasteiger partial charge in [-0.05, 0) is 57.7 Å². The predicted molar refractivity (Wildman–Crippen MR) is 114 cm³/mol. The molecule has 3 heterocycles. The van der Waals surface area contributed by atoms with Gasteiger partial charge in [-0.3, -0.25) is 4.79 Å². The van der Waals surface area contributed by atoms with Crippen LogP contribution in [0.15, 0.2) is 24.3 Å². The Bertz CT molecular complexity index is 790. The van der Waals surface area contributed by atoms with Crippen LogP contribution in [0.2, 0.25) is 0 Å². The number of hydrogen-bond donors (Lipinski definition) is 1. The summed E-state index contributed by atoms with van der Waals surface area (Å²) in [7, 11) is 2.12. The molecule has 1 spiro atoms. The van der Waals surface area contributed by atoms with Crippen LogP contribution in [0.1, 0.15) is 43.5 Å². The lowest BCUT2D eigenvalue weighted by molar-refractivity contribution is -0.141. The number of aliphatic hydroxyl groups excluding tert-OH is 1. The number of aromatic nitrogens is 1. The van der Waals surface area contributed by atoms with Crippen LogP contribution in [0.5, 0.6) is 0 Å². The Morgan fingerprint density at radius 1 is 1.29 bits per heavy atom. The van der Waals surface area contributed by atoms with Crippen molar-refractivity contribution in [1.29, 1.82) is 0 Å². The molecule has 0 radical (unpaired) electrons. The molecule has 2 aliphatic heterocycles. The second-order valence-corrected chi connectivity index (χ2v) is 9.72. The van der Waals surface area contributed by atoms with Gasteiger partial charge in [-0.1, -0.05) is 12.1 Å². The SMILES string of the molecule is CN1CC[C@H](O)[C@@]2(CCCN(C(=O)CCCCc3nc4ccccc4s3)C2)C1. The summed E-state index contributed by atoms with van der Waals surface area (Å²) in [6.07, 6.45) is 6.02. The molecule has 4 rings (SSSR count). The molecule has 0 aliphatic carbocycles. The lowest BCUT2D eigenvalue weighted by Gasteiger charge is -2.50. The monoisotopic (exact) mass is 401 g/mol. The number of nitrogens with zero attached hydrogens (tertiary/aromatic N) is 3. The minimum absolute atomic E-state index is 0.123. The number of benzene rings is 1. The van der Waals surface area contributed by atoms with Crippen molar-refractivity contribution in [2.45, 2.75) is 51.0 Å². The number of para-hydroxylation sites is 1. The van der Waals surface area contributed by atoms with E-state index in [1.807, 2.05) is 11.0 Å². The Labute approximate surface area is 171 Å². The maximum absolute atomic E-state index is 12.8. The summed E-state index contributed by atoms with van der Waals surface area (Å²) in [5, 5.41) is 11.8. The smallest absolute Gasteiger partial charge is 0.222 e. The highest BCUT2D eigenvalue weighted by molar-refractivity contribution is 7.18. The van der Waals surface area contributed by atoms with Gasteiger partial charge in [0, 0.05) is 38.0 Å². The lowest BCUT2D eigenvalue weighted by atomic mass is 9.71. The van der Waals surface area contributed by atoms with Gasteiger partial charge in [0.2, 0.25) is 5.91 Å². The molecule has 0 unspecified atom stereocenters. The number of likely N-dealkylation sites (tertiary alicyclic amines) is 2. The molecule has 2 aromatic rings. The zero-order chi connectivity index (χ0) is 19.6. The van der Waals surface area contributed by atoms with E-state index in [1.165, 1.54) is 9.71 Å². The van der Waals surface area contributed by atoms with E-state index in [2.05, 4.69) is 35.1 Å². The van der Waals surface area contributed by atoms with Gasteiger partial charge in [-0.15, -0.1) is 11.3 Å². The maximum atomic E-state index is 12.8. The third-order valence-corrected chi connectivity index (χ3v) is 7.50. The van der Waals surface area contributed by atoms with Crippen LogP contribution in [0.3, 0.4) is 0 Å². The molecule has 6 heteroatoms. The number of carbonyl (C=O) groups is 1. The van der Waals surface area contributed by atoms with Crippen molar-refractivity contribution in [1.82, 2.24) is 14.8 Å². The van der Waals surface area contributed by atoms with Crippen LogP contribution in [0.4, 0.5) is 0 Å². The molecule has 2 saturated heterocycles. The molecule has 152 valence electrons. The number of carbonyl (C=O) groups excluding carboxylic acids is 1. The fourth-order valence-electron chi connectivity index (χ4n) is 4.88. The zero-order valence-electron chi connectivity index (χ0n) is 16.8. The van der Waals surface area contributed by atoms with Gasteiger partial charge in [0.15, 0.2) is 0 Å². The Morgan fingerprint density at radius 2 is 2.14 bits per heavy atom. The molecule has 0 saturated carbocycles. The van der Waals surface area contributed by atoms with Crippen molar-refractivity contribution in [3.8, 4) is 0 Å². The molecular weight excluding hydrogens is 370 g/mol. The first-order valence-corrected chi connectivity index (χ1v) is 11.4. The summed E-state index contributed by atoms with van der Waals surface area (Å²) in [5.41, 5.74) is 0.954. The van der Waals surface area contributed by atoms with Crippen LogP contribution in [-0.4, -0.2) is 65.1 Å². The summed E-state index contributed by atoms with van der Waals surface area (Å²) in [6.45, 7) is 3.41. The van der Waals surface area contributed by atoms with Gasteiger partial charge >= 0.3 is 0 Å². The van der Waals surface area contributed by atoms with E-state index < -0.39 is 0 Å². The molecular formula is C22H31N3O2S. The minimum Gasteiger partial charge on any atom is -0.392 e. The van der Waals surface area contributed by atoms with E-state index in [-0.39, 0.29) is 17.4 Å². The molecule has 28 heavy (non-hydrogen) atoms. The molecule has 1 amide bonds. The van der Waals surface area contributed by atoms with E-state index in [0.29, 0.717) is 6.42 Å². The highest BCUT2D eigenvalue weighted by Crippen LogP contribution is 2.38. The number of hydrogen-bond acceptors (Lipinski definition) is 5. The normalized spacial score (nSPS) is 26.2. The molecule has 1 aromatic heterocycles. The molecule has 1 N–H and O–H groups in total. The topological polar surface area (TPSA) is 56.7 Å². The van der Waals surface area contributed by atoms with Gasteiger partial charge in [0.05, 0.1) is 21.3 Å². The minimum atomic E-state index is -0.279. The number of aliphatic hydroxyl groups is 1. The van der Waals surface area contributed by atoms with Crippen molar-refractivity contribution in [2.24, 2.45) is 5.41 Å². The van der Waals surface area contributed by atoms with E-state index in [4.69, 9.17) is 0 Å². The van der Waals surface area contributed by atoms with Crippen LogP contribution < -0.4 is 0 Å². The third-order valence-electron chi connectivity index (χ3n) is 6.41. The van der Waals surface area contributed by atoms with Gasteiger partial charge in [0.25, 0.3) is 0 Å². The highest BCUT2D eigenvalue weighted by atomic mass is 32.1. The first-order valence-electron chi connectivity index (χ1n) is 10.5. The van der Waals surface area contributed by atoms with Crippen LogP contribution in [-0.2, 0) is 11.2 Å². The summed E-state index contributed by atoms with van der Waals surface area (Å²) in [5.74, 6) is 0.254. The van der Waals surface area contributed by atoms with E-state index in [9.17, 15) is 9.90 Å². The molecule has 0 bridgehead atoms. The molecule has 1 aromatic carbocycles. The van der Waals surface area contributed by atoms with Crippen molar-refractivity contribution in [2.75, 3.05) is 33.2 Å². The first-order chi connectivity index (χ1) is 13.6. The number of unbranched alkanes of at least 4 members (excludes halogenated alkanes) is 1. The maximum Gasteiger partial charge on any atom is 0.222 e. The molecule has 2 atom stereocenters. The van der Waals surface area contributed by atoms with Gasteiger partial charge in [0.1, 0.15) is 0 Å². The van der Waals surface area contributed by atoms with Crippen LogP contribution in [0.25, 0.3) is 10.2 Å². The van der Waals surface area contributed by atoms with Crippen molar-refractivity contribution < 1.29 is 9.90 Å². The van der Waals surface area contributed by atoms with E-state index >= 15 is 0 Å².